The minimum atomic E-state index is -4.53. The predicted octanol–water partition coefficient (Wildman–Crippen LogP) is 5.43. The first-order valence-corrected chi connectivity index (χ1v) is 9.81. The van der Waals surface area contributed by atoms with Crippen LogP contribution in [0.25, 0.3) is 0 Å². The lowest BCUT2D eigenvalue weighted by atomic mass is 10.1. The number of halogens is 4. The van der Waals surface area contributed by atoms with Crippen molar-refractivity contribution in [3.05, 3.63) is 69.7 Å². The molecule has 0 bridgehead atoms. The lowest BCUT2D eigenvalue weighted by Gasteiger charge is -2.10. The summed E-state index contributed by atoms with van der Waals surface area (Å²) in [5.41, 5.74) is -0.441. The van der Waals surface area contributed by atoms with Crippen LogP contribution >= 0.6 is 22.9 Å². The van der Waals surface area contributed by atoms with Crippen LogP contribution in [-0.2, 0) is 17.4 Å². The molecule has 0 aliphatic heterocycles. The molecule has 1 N–H and O–H groups in total. The average Bonchev–Trinajstić information content (AvgIpc) is 3.14. The molecule has 30 heavy (non-hydrogen) atoms. The minimum absolute atomic E-state index is 0.228. The van der Waals surface area contributed by atoms with Crippen LogP contribution in [-0.4, -0.2) is 24.6 Å². The molecule has 158 valence electrons. The number of amides is 1. The molecule has 10 heteroatoms. The normalized spacial score (nSPS) is 11.2. The summed E-state index contributed by atoms with van der Waals surface area (Å²) < 4.78 is 49.5. The molecule has 0 atom stereocenters. The van der Waals surface area contributed by atoms with E-state index in [1.807, 2.05) is 0 Å². The highest BCUT2D eigenvalue weighted by Crippen LogP contribution is 2.35. The van der Waals surface area contributed by atoms with Crippen molar-refractivity contribution in [2.24, 2.45) is 0 Å². The second-order valence-electron chi connectivity index (χ2n) is 6.14. The Morgan fingerprint density at radius 2 is 1.97 bits per heavy atom. The zero-order valence-electron chi connectivity index (χ0n) is 15.6. The Bertz CT molecular complexity index is 1040. The van der Waals surface area contributed by atoms with E-state index in [2.05, 4.69) is 10.3 Å². The summed E-state index contributed by atoms with van der Waals surface area (Å²) in [4.78, 5) is 16.8. The Morgan fingerprint density at radius 1 is 1.20 bits per heavy atom. The van der Waals surface area contributed by atoms with Gasteiger partial charge in [0, 0.05) is 23.6 Å². The van der Waals surface area contributed by atoms with Crippen molar-refractivity contribution < 1.29 is 27.4 Å². The molecule has 1 amide bonds. The van der Waals surface area contributed by atoms with Crippen LogP contribution in [0.5, 0.6) is 11.5 Å². The molecule has 0 fully saturated rings. The van der Waals surface area contributed by atoms with E-state index in [0.717, 1.165) is 6.07 Å². The zero-order chi connectivity index (χ0) is 21.7. The number of carbonyl (C=O) groups excluding carboxylic acids is 1. The molecule has 3 aromatic rings. The first-order valence-electron chi connectivity index (χ1n) is 8.61. The van der Waals surface area contributed by atoms with Gasteiger partial charge >= 0.3 is 6.18 Å². The maximum Gasteiger partial charge on any atom is 0.417 e. The fourth-order valence-electron chi connectivity index (χ4n) is 2.54. The molecule has 3 rings (SSSR count). The molecular weight excluding hydrogens is 441 g/mol. The van der Waals surface area contributed by atoms with Gasteiger partial charge < -0.3 is 9.47 Å². The number of benzene rings is 2. The maximum absolute atomic E-state index is 13.0. The fraction of sp³-hybridized carbons (Fsp3) is 0.200. The largest absolute Gasteiger partial charge is 0.497 e. The van der Waals surface area contributed by atoms with Crippen LogP contribution in [0.4, 0.5) is 18.3 Å². The van der Waals surface area contributed by atoms with Gasteiger partial charge in [-0.25, -0.2) is 4.98 Å². The van der Waals surface area contributed by atoms with Crippen molar-refractivity contribution in [2.75, 3.05) is 19.0 Å². The van der Waals surface area contributed by atoms with Gasteiger partial charge in [0.2, 0.25) is 0 Å². The Balaban J connectivity index is 1.58. The Labute approximate surface area is 179 Å². The van der Waals surface area contributed by atoms with E-state index in [0.29, 0.717) is 27.1 Å². The van der Waals surface area contributed by atoms with Crippen LogP contribution in [0.15, 0.2) is 48.7 Å². The standard InChI is InChI=1S/C20H16ClF3N2O3S/c1-28-13-3-2-4-14(9-13)29-11-18(27)26-19-25-10-15(30-19)7-12-5-6-17(21)16(8-12)20(22,23)24/h2-6,8-10H,7,11H2,1H3,(H,25,26,27). The number of nitrogens with zero attached hydrogens (tertiary/aromatic N) is 1. The first-order chi connectivity index (χ1) is 14.2. The number of rotatable bonds is 7. The lowest BCUT2D eigenvalue weighted by Crippen LogP contribution is -2.19. The van der Waals surface area contributed by atoms with Gasteiger partial charge in [-0.2, -0.15) is 13.2 Å². The lowest BCUT2D eigenvalue weighted by molar-refractivity contribution is -0.137. The van der Waals surface area contributed by atoms with Gasteiger partial charge in [0.05, 0.1) is 17.7 Å². The molecule has 0 aliphatic carbocycles. The van der Waals surface area contributed by atoms with Crippen LogP contribution in [0.2, 0.25) is 5.02 Å². The van der Waals surface area contributed by atoms with Crippen molar-refractivity contribution in [3.8, 4) is 11.5 Å². The molecule has 0 spiro atoms. The zero-order valence-corrected chi connectivity index (χ0v) is 17.2. The van der Waals surface area contributed by atoms with Gasteiger partial charge in [0.15, 0.2) is 11.7 Å². The molecule has 5 nitrogen and oxygen atoms in total. The number of alkyl halides is 3. The molecular formula is C20H16ClF3N2O3S. The Kier molecular flexibility index (Phi) is 6.84. The number of aromatic nitrogens is 1. The molecule has 0 saturated heterocycles. The van der Waals surface area contributed by atoms with Crippen LogP contribution in [0.1, 0.15) is 16.0 Å². The van der Waals surface area contributed by atoms with E-state index in [9.17, 15) is 18.0 Å². The van der Waals surface area contributed by atoms with E-state index < -0.39 is 17.6 Å². The molecule has 2 aromatic carbocycles. The number of thiazole rings is 1. The SMILES string of the molecule is COc1cccc(OCC(=O)Nc2ncc(Cc3ccc(Cl)c(C(F)(F)F)c3)s2)c1. The summed E-state index contributed by atoms with van der Waals surface area (Å²) in [6.45, 7) is -0.228. The second kappa shape index (κ2) is 9.36. The van der Waals surface area contributed by atoms with Gasteiger partial charge in [0.25, 0.3) is 5.91 Å². The summed E-state index contributed by atoms with van der Waals surface area (Å²) >= 11 is 6.81. The van der Waals surface area contributed by atoms with Crippen molar-refractivity contribution in [1.29, 1.82) is 0 Å². The monoisotopic (exact) mass is 456 g/mol. The first kappa shape index (κ1) is 21.9. The number of methoxy groups -OCH3 is 1. The average molecular weight is 457 g/mol. The second-order valence-corrected chi connectivity index (χ2v) is 7.66. The van der Waals surface area contributed by atoms with Crippen molar-refractivity contribution in [1.82, 2.24) is 4.98 Å². The predicted molar refractivity (Wildman–Crippen MR) is 108 cm³/mol. The van der Waals surface area contributed by atoms with E-state index in [-0.39, 0.29) is 18.1 Å². The van der Waals surface area contributed by atoms with E-state index in [1.165, 1.54) is 36.8 Å². The number of nitrogens with one attached hydrogen (secondary N) is 1. The third kappa shape index (κ3) is 5.87. The van der Waals surface area contributed by atoms with Crippen molar-refractivity contribution >= 4 is 34.0 Å². The van der Waals surface area contributed by atoms with Gasteiger partial charge in [-0.15, -0.1) is 11.3 Å². The van der Waals surface area contributed by atoms with Gasteiger partial charge in [-0.3, -0.25) is 10.1 Å². The fourth-order valence-corrected chi connectivity index (χ4v) is 3.63. The van der Waals surface area contributed by atoms with E-state index in [4.69, 9.17) is 21.1 Å². The summed E-state index contributed by atoms with van der Waals surface area (Å²) in [5, 5.41) is 2.58. The molecule has 0 aliphatic rings. The summed E-state index contributed by atoms with van der Waals surface area (Å²) in [5.74, 6) is 0.672. The molecule has 0 unspecified atom stereocenters. The highest BCUT2D eigenvalue weighted by molar-refractivity contribution is 7.15. The molecule has 0 saturated carbocycles. The summed E-state index contributed by atoms with van der Waals surface area (Å²) in [7, 11) is 1.53. The Hall–Kier alpha value is -2.78. The molecule has 1 heterocycles. The third-order valence-corrected chi connectivity index (χ3v) is 5.17. The highest BCUT2D eigenvalue weighted by Gasteiger charge is 2.33. The van der Waals surface area contributed by atoms with Crippen molar-refractivity contribution in [3.63, 3.8) is 0 Å². The summed E-state index contributed by atoms with van der Waals surface area (Å²) in [6, 6.07) is 10.6. The number of anilines is 1. The molecule has 0 radical (unpaired) electrons. The van der Waals surface area contributed by atoms with E-state index >= 15 is 0 Å². The minimum Gasteiger partial charge on any atom is -0.497 e. The third-order valence-electron chi connectivity index (χ3n) is 3.93. The van der Waals surface area contributed by atoms with Crippen LogP contribution in [0.3, 0.4) is 0 Å². The van der Waals surface area contributed by atoms with E-state index in [1.54, 1.807) is 24.3 Å². The van der Waals surface area contributed by atoms with Crippen molar-refractivity contribution in [2.45, 2.75) is 12.6 Å². The van der Waals surface area contributed by atoms with Crippen LogP contribution < -0.4 is 14.8 Å². The Morgan fingerprint density at radius 3 is 2.70 bits per heavy atom. The highest BCUT2D eigenvalue weighted by atomic mass is 35.5. The number of hydrogen-bond donors (Lipinski definition) is 1. The smallest absolute Gasteiger partial charge is 0.417 e. The van der Waals surface area contributed by atoms with Gasteiger partial charge in [0.1, 0.15) is 11.5 Å². The van der Waals surface area contributed by atoms with Gasteiger partial charge in [-0.05, 0) is 29.8 Å². The summed E-state index contributed by atoms with van der Waals surface area (Å²) in [6.07, 6.45) is -2.79. The quantitative estimate of drug-likeness (QED) is 0.515. The van der Waals surface area contributed by atoms with Gasteiger partial charge in [-0.1, -0.05) is 23.7 Å². The van der Waals surface area contributed by atoms with Crippen LogP contribution in [0, 0.1) is 0 Å². The number of hydrogen-bond acceptors (Lipinski definition) is 5. The molecule has 1 aromatic heterocycles. The maximum atomic E-state index is 13.0. The topological polar surface area (TPSA) is 60.5 Å². The number of ether oxygens (including phenoxy) is 2. The number of carbonyl (C=O) groups is 1.